The predicted molar refractivity (Wildman–Crippen MR) is 75.6 cm³/mol. The minimum absolute atomic E-state index is 0.110. The smallest absolute Gasteiger partial charge is 0.305 e. The zero-order chi connectivity index (χ0) is 15.4. The number of methoxy groups -OCH3 is 1. The molecule has 21 heavy (non-hydrogen) atoms. The number of amides is 1. The van der Waals surface area contributed by atoms with E-state index >= 15 is 0 Å². The number of hydrogen-bond acceptors (Lipinski definition) is 4. The summed E-state index contributed by atoms with van der Waals surface area (Å²) < 4.78 is 10.4. The van der Waals surface area contributed by atoms with Crippen LogP contribution in [0.3, 0.4) is 0 Å². The first kappa shape index (κ1) is 15.3. The van der Waals surface area contributed by atoms with Gasteiger partial charge in [-0.05, 0) is 30.7 Å². The molecule has 1 aromatic rings. The van der Waals surface area contributed by atoms with E-state index in [9.17, 15) is 9.59 Å². The number of aliphatic carboxylic acids is 1. The van der Waals surface area contributed by atoms with Crippen molar-refractivity contribution in [2.45, 2.75) is 19.4 Å². The summed E-state index contributed by atoms with van der Waals surface area (Å²) in [5.41, 5.74) is 1.37. The van der Waals surface area contributed by atoms with Crippen molar-refractivity contribution < 1.29 is 24.2 Å². The molecule has 1 unspecified atom stereocenters. The van der Waals surface area contributed by atoms with Gasteiger partial charge in [-0.25, -0.2) is 0 Å². The fraction of sp³-hybridized carbons (Fsp3) is 0.467. The van der Waals surface area contributed by atoms with Gasteiger partial charge in [0.2, 0.25) is 0 Å². The van der Waals surface area contributed by atoms with Crippen molar-refractivity contribution in [1.82, 2.24) is 4.90 Å². The third-order valence-corrected chi connectivity index (χ3v) is 3.56. The average Bonchev–Trinajstić information content (AvgIpc) is 2.46. The Morgan fingerprint density at radius 1 is 1.48 bits per heavy atom. The van der Waals surface area contributed by atoms with Crippen molar-refractivity contribution in [2.75, 3.05) is 26.9 Å². The first-order valence-corrected chi connectivity index (χ1v) is 6.78. The van der Waals surface area contributed by atoms with E-state index in [2.05, 4.69) is 0 Å². The number of carbonyl (C=O) groups excluding carboxylic acids is 1. The minimum atomic E-state index is -0.935. The van der Waals surface area contributed by atoms with Crippen molar-refractivity contribution >= 4 is 11.9 Å². The lowest BCUT2D eigenvalue weighted by atomic mass is 10.0. The van der Waals surface area contributed by atoms with Crippen LogP contribution in [0, 0.1) is 6.92 Å². The number of carboxylic acids is 1. The zero-order valence-electron chi connectivity index (χ0n) is 12.2. The third-order valence-electron chi connectivity index (χ3n) is 3.56. The van der Waals surface area contributed by atoms with Crippen molar-refractivity contribution in [1.29, 1.82) is 0 Å². The quantitative estimate of drug-likeness (QED) is 0.906. The maximum absolute atomic E-state index is 12.6. The number of ether oxygens (including phenoxy) is 2. The summed E-state index contributed by atoms with van der Waals surface area (Å²) in [5.74, 6) is -0.410. The van der Waals surface area contributed by atoms with Crippen LogP contribution in [0.4, 0.5) is 0 Å². The standard InChI is InChI=1S/C15H19NO5/c1-10-7-12(20-2)3-4-13(10)15(19)16-5-6-21-9-11(16)8-14(17)18/h3-4,7,11H,5-6,8-9H2,1-2H3,(H,17,18). The highest BCUT2D eigenvalue weighted by atomic mass is 16.5. The Morgan fingerprint density at radius 2 is 2.24 bits per heavy atom. The molecule has 1 aliphatic rings. The summed E-state index contributed by atoms with van der Waals surface area (Å²) >= 11 is 0. The first-order chi connectivity index (χ1) is 10.0. The van der Waals surface area contributed by atoms with Crippen LogP contribution in [0.2, 0.25) is 0 Å². The molecule has 0 bridgehead atoms. The first-order valence-electron chi connectivity index (χ1n) is 6.78. The van der Waals surface area contributed by atoms with Crippen molar-refractivity contribution in [3.63, 3.8) is 0 Å². The highest BCUT2D eigenvalue weighted by Gasteiger charge is 2.30. The van der Waals surface area contributed by atoms with Gasteiger partial charge < -0.3 is 19.5 Å². The van der Waals surface area contributed by atoms with Crippen LogP contribution in [-0.4, -0.2) is 54.8 Å². The molecule has 1 aliphatic heterocycles. The summed E-state index contributed by atoms with van der Waals surface area (Å²) in [6.45, 7) is 2.93. The van der Waals surface area contributed by atoms with Crippen LogP contribution >= 0.6 is 0 Å². The number of hydrogen-bond donors (Lipinski definition) is 1. The number of carbonyl (C=O) groups is 2. The van der Waals surface area contributed by atoms with E-state index in [1.165, 1.54) is 0 Å². The highest BCUT2D eigenvalue weighted by molar-refractivity contribution is 5.96. The Bertz CT molecular complexity index is 543. The van der Waals surface area contributed by atoms with Crippen LogP contribution in [0.25, 0.3) is 0 Å². The molecule has 114 valence electrons. The third kappa shape index (κ3) is 3.52. The molecular weight excluding hydrogens is 274 g/mol. The Balaban J connectivity index is 2.22. The van der Waals surface area contributed by atoms with Gasteiger partial charge in [0.25, 0.3) is 5.91 Å². The second kappa shape index (κ2) is 6.58. The normalized spacial score (nSPS) is 18.4. The molecule has 0 aromatic heterocycles. The molecule has 1 N–H and O–H groups in total. The van der Waals surface area contributed by atoms with Crippen LogP contribution in [0.1, 0.15) is 22.3 Å². The Labute approximate surface area is 123 Å². The Hall–Kier alpha value is -2.08. The molecule has 6 heteroatoms. The monoisotopic (exact) mass is 293 g/mol. The Morgan fingerprint density at radius 3 is 2.86 bits per heavy atom. The van der Waals surface area contributed by atoms with Gasteiger partial charge in [-0.1, -0.05) is 0 Å². The average molecular weight is 293 g/mol. The summed E-state index contributed by atoms with van der Waals surface area (Å²) in [6, 6.07) is 4.81. The topological polar surface area (TPSA) is 76.1 Å². The van der Waals surface area contributed by atoms with Gasteiger partial charge in [0.1, 0.15) is 5.75 Å². The maximum atomic E-state index is 12.6. The molecule has 1 amide bonds. The molecule has 0 saturated carbocycles. The second-order valence-electron chi connectivity index (χ2n) is 5.01. The van der Waals surface area contributed by atoms with Crippen LogP contribution in [0.5, 0.6) is 5.75 Å². The largest absolute Gasteiger partial charge is 0.497 e. The van der Waals surface area contributed by atoms with Gasteiger partial charge in [-0.15, -0.1) is 0 Å². The van der Waals surface area contributed by atoms with Gasteiger partial charge in [-0.3, -0.25) is 9.59 Å². The van der Waals surface area contributed by atoms with Gasteiger partial charge in [0.05, 0.1) is 32.8 Å². The van der Waals surface area contributed by atoms with E-state index in [0.29, 0.717) is 24.5 Å². The van der Waals surface area contributed by atoms with Gasteiger partial charge in [-0.2, -0.15) is 0 Å². The molecule has 2 rings (SSSR count). The van der Waals surface area contributed by atoms with Crippen molar-refractivity contribution in [2.24, 2.45) is 0 Å². The zero-order valence-corrected chi connectivity index (χ0v) is 12.2. The molecule has 1 heterocycles. The summed E-state index contributed by atoms with van der Waals surface area (Å²) in [6.07, 6.45) is -0.110. The van der Waals surface area contributed by atoms with E-state index in [1.54, 1.807) is 30.2 Å². The SMILES string of the molecule is COc1ccc(C(=O)N2CCOCC2CC(=O)O)c(C)c1. The van der Waals surface area contributed by atoms with Gasteiger partial charge in [0.15, 0.2) is 0 Å². The lowest BCUT2D eigenvalue weighted by molar-refractivity contribution is -0.139. The number of morpholine rings is 1. The van der Waals surface area contributed by atoms with E-state index in [4.69, 9.17) is 14.6 Å². The number of nitrogens with zero attached hydrogens (tertiary/aromatic N) is 1. The minimum Gasteiger partial charge on any atom is -0.497 e. The van der Waals surface area contributed by atoms with E-state index in [-0.39, 0.29) is 18.9 Å². The van der Waals surface area contributed by atoms with Crippen molar-refractivity contribution in [3.05, 3.63) is 29.3 Å². The lowest BCUT2D eigenvalue weighted by Crippen LogP contribution is -2.49. The molecule has 0 spiro atoms. The highest BCUT2D eigenvalue weighted by Crippen LogP contribution is 2.21. The second-order valence-corrected chi connectivity index (χ2v) is 5.01. The molecular formula is C15H19NO5. The summed E-state index contributed by atoms with van der Waals surface area (Å²) in [7, 11) is 1.57. The maximum Gasteiger partial charge on any atom is 0.305 e. The molecule has 1 atom stereocenters. The number of benzene rings is 1. The van der Waals surface area contributed by atoms with E-state index in [1.807, 2.05) is 6.92 Å². The predicted octanol–water partition coefficient (Wildman–Crippen LogP) is 1.32. The van der Waals surface area contributed by atoms with Crippen LogP contribution in [0.15, 0.2) is 18.2 Å². The van der Waals surface area contributed by atoms with Gasteiger partial charge >= 0.3 is 5.97 Å². The van der Waals surface area contributed by atoms with E-state index in [0.717, 1.165) is 5.56 Å². The molecule has 1 fully saturated rings. The number of rotatable bonds is 4. The summed E-state index contributed by atoms with van der Waals surface area (Å²) in [4.78, 5) is 25.2. The molecule has 0 radical (unpaired) electrons. The van der Waals surface area contributed by atoms with Crippen LogP contribution < -0.4 is 4.74 Å². The lowest BCUT2D eigenvalue weighted by Gasteiger charge is -2.35. The fourth-order valence-electron chi connectivity index (χ4n) is 2.45. The number of aryl methyl sites for hydroxylation is 1. The molecule has 6 nitrogen and oxygen atoms in total. The Kier molecular flexibility index (Phi) is 4.80. The number of carboxylic acid groups (broad SMARTS) is 1. The van der Waals surface area contributed by atoms with Crippen molar-refractivity contribution in [3.8, 4) is 5.75 Å². The fourth-order valence-corrected chi connectivity index (χ4v) is 2.45. The summed E-state index contributed by atoms with van der Waals surface area (Å²) in [5, 5.41) is 8.95. The molecule has 0 aliphatic carbocycles. The molecule has 1 saturated heterocycles. The van der Waals surface area contributed by atoms with Crippen LogP contribution in [-0.2, 0) is 9.53 Å². The van der Waals surface area contributed by atoms with E-state index < -0.39 is 12.0 Å². The van der Waals surface area contributed by atoms with Gasteiger partial charge in [0, 0.05) is 12.1 Å². The molecule has 1 aromatic carbocycles.